The van der Waals surface area contributed by atoms with Crippen molar-refractivity contribution in [1.82, 2.24) is 9.97 Å². The molecule has 4 nitrogen and oxygen atoms in total. The fourth-order valence-corrected chi connectivity index (χ4v) is 2.44. The second kappa shape index (κ2) is 6.12. The van der Waals surface area contributed by atoms with Crippen molar-refractivity contribution in [3.63, 3.8) is 0 Å². The highest BCUT2D eigenvalue weighted by atomic mass is 15.2. The summed E-state index contributed by atoms with van der Waals surface area (Å²) in [6, 6.07) is 8.96. The van der Waals surface area contributed by atoms with E-state index in [1.807, 2.05) is 6.07 Å². The summed E-state index contributed by atoms with van der Waals surface area (Å²) in [5.41, 5.74) is 3.84. The monoisotopic (exact) mass is 282 g/mol. The molecule has 0 spiro atoms. The SMILES string of the molecule is CCc1cccc(CC)c1Nc1ccnc(NC2CC2)n1. The molecule has 110 valence electrons. The van der Waals surface area contributed by atoms with E-state index in [0.29, 0.717) is 6.04 Å². The number of anilines is 3. The molecule has 4 heteroatoms. The van der Waals surface area contributed by atoms with Gasteiger partial charge in [-0.1, -0.05) is 32.0 Å². The highest BCUT2D eigenvalue weighted by Gasteiger charge is 2.21. The van der Waals surface area contributed by atoms with Gasteiger partial charge in [0.25, 0.3) is 0 Å². The zero-order chi connectivity index (χ0) is 14.7. The van der Waals surface area contributed by atoms with Crippen molar-refractivity contribution in [3.8, 4) is 0 Å². The zero-order valence-electron chi connectivity index (χ0n) is 12.7. The summed E-state index contributed by atoms with van der Waals surface area (Å²) in [6.45, 7) is 4.36. The molecule has 21 heavy (non-hydrogen) atoms. The third kappa shape index (κ3) is 3.32. The van der Waals surface area contributed by atoms with Crippen LogP contribution in [0.5, 0.6) is 0 Å². The molecule has 1 aromatic heterocycles. The van der Waals surface area contributed by atoms with Crippen molar-refractivity contribution in [1.29, 1.82) is 0 Å². The van der Waals surface area contributed by atoms with Crippen molar-refractivity contribution in [2.45, 2.75) is 45.6 Å². The smallest absolute Gasteiger partial charge is 0.224 e. The van der Waals surface area contributed by atoms with E-state index in [1.165, 1.54) is 29.7 Å². The van der Waals surface area contributed by atoms with E-state index in [1.54, 1.807) is 6.20 Å². The van der Waals surface area contributed by atoms with E-state index in [0.717, 1.165) is 24.6 Å². The number of hydrogen-bond acceptors (Lipinski definition) is 4. The molecule has 0 saturated heterocycles. The van der Waals surface area contributed by atoms with Gasteiger partial charge in [0.15, 0.2) is 0 Å². The Kier molecular flexibility index (Phi) is 4.04. The molecule has 0 unspecified atom stereocenters. The summed E-state index contributed by atoms with van der Waals surface area (Å²) in [4.78, 5) is 8.85. The van der Waals surface area contributed by atoms with Crippen LogP contribution in [0.15, 0.2) is 30.5 Å². The number of aromatic nitrogens is 2. The lowest BCUT2D eigenvalue weighted by molar-refractivity contribution is 1.05. The van der Waals surface area contributed by atoms with Crippen LogP contribution in [0.25, 0.3) is 0 Å². The Balaban J connectivity index is 1.85. The zero-order valence-corrected chi connectivity index (χ0v) is 12.7. The van der Waals surface area contributed by atoms with E-state index < -0.39 is 0 Å². The summed E-state index contributed by atoms with van der Waals surface area (Å²) in [7, 11) is 0. The summed E-state index contributed by atoms with van der Waals surface area (Å²) in [5, 5.41) is 6.82. The quantitative estimate of drug-likeness (QED) is 0.843. The topological polar surface area (TPSA) is 49.8 Å². The van der Waals surface area contributed by atoms with Crippen molar-refractivity contribution < 1.29 is 0 Å². The van der Waals surface area contributed by atoms with Crippen LogP contribution in [-0.2, 0) is 12.8 Å². The minimum Gasteiger partial charge on any atom is -0.351 e. The number of rotatable bonds is 6. The normalized spacial score (nSPS) is 14.0. The first-order valence-electron chi connectivity index (χ1n) is 7.77. The molecule has 3 rings (SSSR count). The lowest BCUT2D eigenvalue weighted by atomic mass is 10.0. The molecule has 0 atom stereocenters. The Bertz CT molecular complexity index is 598. The summed E-state index contributed by atoms with van der Waals surface area (Å²) in [5.74, 6) is 1.57. The number of benzene rings is 1. The van der Waals surface area contributed by atoms with Crippen molar-refractivity contribution >= 4 is 17.5 Å². The summed E-state index contributed by atoms with van der Waals surface area (Å²) in [6.07, 6.45) is 6.27. The Morgan fingerprint density at radius 3 is 2.43 bits per heavy atom. The second-order valence-corrected chi connectivity index (χ2v) is 5.47. The van der Waals surface area contributed by atoms with Gasteiger partial charge >= 0.3 is 0 Å². The first-order valence-corrected chi connectivity index (χ1v) is 7.77. The highest BCUT2D eigenvalue weighted by Crippen LogP contribution is 2.27. The molecule has 0 bridgehead atoms. The van der Waals surface area contributed by atoms with Gasteiger partial charge < -0.3 is 10.6 Å². The fourth-order valence-electron chi connectivity index (χ4n) is 2.44. The molecule has 2 aromatic rings. The molecule has 2 N–H and O–H groups in total. The van der Waals surface area contributed by atoms with Gasteiger partial charge in [0.2, 0.25) is 5.95 Å². The lowest BCUT2D eigenvalue weighted by Crippen LogP contribution is -2.07. The molecule has 1 fully saturated rings. The maximum absolute atomic E-state index is 4.57. The van der Waals surface area contributed by atoms with Gasteiger partial charge in [-0.25, -0.2) is 4.98 Å². The summed E-state index contributed by atoms with van der Waals surface area (Å²) >= 11 is 0. The molecule has 1 aromatic carbocycles. The predicted octanol–water partition coefficient (Wildman–Crippen LogP) is 3.92. The van der Waals surface area contributed by atoms with Crippen LogP contribution >= 0.6 is 0 Å². The van der Waals surface area contributed by atoms with Gasteiger partial charge in [-0.3, -0.25) is 0 Å². The molecule has 1 heterocycles. The molecule has 0 radical (unpaired) electrons. The summed E-state index contributed by atoms with van der Waals surface area (Å²) < 4.78 is 0. The van der Waals surface area contributed by atoms with Gasteiger partial charge in [0.05, 0.1) is 0 Å². The molecular formula is C17H22N4. The van der Waals surface area contributed by atoms with Gasteiger partial charge in [0, 0.05) is 17.9 Å². The minimum absolute atomic E-state index is 0.564. The minimum atomic E-state index is 0.564. The maximum atomic E-state index is 4.57. The molecule has 0 aliphatic heterocycles. The van der Waals surface area contributed by atoms with Gasteiger partial charge in [0.1, 0.15) is 5.82 Å². The van der Waals surface area contributed by atoms with Crippen LogP contribution in [-0.4, -0.2) is 16.0 Å². The Morgan fingerprint density at radius 2 is 1.81 bits per heavy atom. The van der Waals surface area contributed by atoms with E-state index in [-0.39, 0.29) is 0 Å². The van der Waals surface area contributed by atoms with Crippen LogP contribution in [0.2, 0.25) is 0 Å². The molecule has 1 aliphatic carbocycles. The van der Waals surface area contributed by atoms with Crippen LogP contribution in [0.4, 0.5) is 17.5 Å². The Labute approximate surface area is 126 Å². The van der Waals surface area contributed by atoms with E-state index >= 15 is 0 Å². The maximum Gasteiger partial charge on any atom is 0.224 e. The first kappa shape index (κ1) is 13.9. The van der Waals surface area contributed by atoms with Crippen molar-refractivity contribution in [3.05, 3.63) is 41.6 Å². The fraction of sp³-hybridized carbons (Fsp3) is 0.412. The molecule has 0 amide bonds. The molecule has 1 aliphatic rings. The number of aryl methyl sites for hydroxylation is 2. The number of hydrogen-bond donors (Lipinski definition) is 2. The van der Waals surface area contributed by atoms with E-state index in [4.69, 9.17) is 0 Å². The largest absolute Gasteiger partial charge is 0.351 e. The number of para-hydroxylation sites is 1. The third-order valence-electron chi connectivity index (χ3n) is 3.82. The number of nitrogens with zero attached hydrogens (tertiary/aromatic N) is 2. The van der Waals surface area contributed by atoms with Crippen LogP contribution < -0.4 is 10.6 Å². The van der Waals surface area contributed by atoms with Gasteiger partial charge in [-0.15, -0.1) is 0 Å². The predicted molar refractivity (Wildman–Crippen MR) is 87.2 cm³/mol. The number of nitrogens with one attached hydrogen (secondary N) is 2. The first-order chi connectivity index (χ1) is 10.3. The van der Waals surface area contributed by atoms with Crippen molar-refractivity contribution in [2.75, 3.05) is 10.6 Å². The Hall–Kier alpha value is -2.10. The van der Waals surface area contributed by atoms with Gasteiger partial charge in [-0.2, -0.15) is 4.98 Å². The second-order valence-electron chi connectivity index (χ2n) is 5.47. The van der Waals surface area contributed by atoms with Gasteiger partial charge in [-0.05, 0) is 42.9 Å². The van der Waals surface area contributed by atoms with Crippen LogP contribution in [0, 0.1) is 0 Å². The van der Waals surface area contributed by atoms with Crippen LogP contribution in [0.1, 0.15) is 37.8 Å². The van der Waals surface area contributed by atoms with E-state index in [2.05, 4.69) is 52.6 Å². The molecule has 1 saturated carbocycles. The van der Waals surface area contributed by atoms with Crippen molar-refractivity contribution in [2.24, 2.45) is 0 Å². The highest BCUT2D eigenvalue weighted by molar-refractivity contribution is 5.65. The van der Waals surface area contributed by atoms with Crippen LogP contribution in [0.3, 0.4) is 0 Å². The van der Waals surface area contributed by atoms with E-state index in [9.17, 15) is 0 Å². The standard InChI is InChI=1S/C17H22N4/c1-3-12-6-5-7-13(4-2)16(12)20-15-10-11-18-17(21-15)19-14-8-9-14/h5-7,10-11,14H,3-4,8-9H2,1-2H3,(H2,18,19,20,21). The lowest BCUT2D eigenvalue weighted by Gasteiger charge is -2.15. The Morgan fingerprint density at radius 1 is 1.10 bits per heavy atom. The average Bonchev–Trinajstić information content (AvgIpc) is 3.32. The third-order valence-corrected chi connectivity index (χ3v) is 3.82. The average molecular weight is 282 g/mol. The molecular weight excluding hydrogens is 260 g/mol.